The van der Waals surface area contributed by atoms with E-state index < -0.39 is 36.5 Å². The maximum absolute atomic E-state index is 11.9. The van der Waals surface area contributed by atoms with Crippen LogP contribution in [0.3, 0.4) is 0 Å². The molecule has 8 heteroatoms. The molecule has 2 saturated heterocycles. The molecule has 0 spiro atoms. The Morgan fingerprint density at radius 2 is 2.24 bits per heavy atom. The summed E-state index contributed by atoms with van der Waals surface area (Å²) in [5.74, 6) is -1.17. The van der Waals surface area contributed by atoms with E-state index in [4.69, 9.17) is 14.2 Å². The summed E-state index contributed by atoms with van der Waals surface area (Å²) < 4.78 is 17.8. The SMILES string of the molecule is CC1(C)O[C@H]2O[C@H](C(O)CC(=O)n3ccnc3)[C@H](O)[C@H]2O1. The number of ether oxygens (including phenoxy) is 3. The van der Waals surface area contributed by atoms with Crippen LogP contribution in [0, 0.1) is 0 Å². The average molecular weight is 298 g/mol. The molecule has 2 fully saturated rings. The van der Waals surface area contributed by atoms with Gasteiger partial charge in [0.2, 0.25) is 5.91 Å². The highest BCUT2D eigenvalue weighted by Gasteiger charge is 2.56. The van der Waals surface area contributed by atoms with Gasteiger partial charge in [0.1, 0.15) is 24.6 Å². The Morgan fingerprint density at radius 3 is 2.86 bits per heavy atom. The fraction of sp³-hybridized carbons (Fsp3) is 0.692. The van der Waals surface area contributed by atoms with E-state index in [1.165, 1.54) is 23.3 Å². The third-order valence-corrected chi connectivity index (χ3v) is 3.61. The Balaban J connectivity index is 1.62. The number of aliphatic hydroxyl groups excluding tert-OH is 2. The van der Waals surface area contributed by atoms with E-state index in [9.17, 15) is 15.0 Å². The predicted molar refractivity (Wildman–Crippen MR) is 68.2 cm³/mol. The summed E-state index contributed by atoms with van der Waals surface area (Å²) in [7, 11) is 0. The molecule has 3 rings (SSSR count). The molecule has 1 unspecified atom stereocenters. The van der Waals surface area contributed by atoms with Crippen LogP contribution in [0.1, 0.15) is 25.1 Å². The summed E-state index contributed by atoms with van der Waals surface area (Å²) in [6, 6.07) is 0. The van der Waals surface area contributed by atoms with Gasteiger partial charge in [0, 0.05) is 12.4 Å². The molecular formula is C13H18N2O6. The zero-order valence-electron chi connectivity index (χ0n) is 11.7. The van der Waals surface area contributed by atoms with Crippen molar-refractivity contribution in [1.82, 2.24) is 9.55 Å². The fourth-order valence-corrected chi connectivity index (χ4v) is 2.64. The van der Waals surface area contributed by atoms with Gasteiger partial charge < -0.3 is 24.4 Å². The van der Waals surface area contributed by atoms with Gasteiger partial charge in [0.05, 0.1) is 12.5 Å². The van der Waals surface area contributed by atoms with Gasteiger partial charge in [-0.25, -0.2) is 4.98 Å². The van der Waals surface area contributed by atoms with Gasteiger partial charge in [-0.1, -0.05) is 0 Å². The van der Waals surface area contributed by atoms with Crippen molar-refractivity contribution in [3.63, 3.8) is 0 Å². The van der Waals surface area contributed by atoms with E-state index in [1.807, 2.05) is 0 Å². The maximum atomic E-state index is 11.9. The summed E-state index contributed by atoms with van der Waals surface area (Å²) in [4.78, 5) is 15.7. The van der Waals surface area contributed by atoms with E-state index in [2.05, 4.69) is 4.98 Å². The number of carbonyl (C=O) groups excluding carboxylic acids is 1. The van der Waals surface area contributed by atoms with E-state index >= 15 is 0 Å². The molecule has 5 atom stereocenters. The Hall–Kier alpha value is -1.32. The number of fused-ring (bicyclic) bond motifs is 1. The zero-order chi connectivity index (χ0) is 15.2. The number of rotatable bonds is 3. The highest BCUT2D eigenvalue weighted by atomic mass is 16.8. The van der Waals surface area contributed by atoms with E-state index in [0.717, 1.165) is 0 Å². The van der Waals surface area contributed by atoms with E-state index in [1.54, 1.807) is 13.8 Å². The quantitative estimate of drug-likeness (QED) is 0.776. The molecule has 0 amide bonds. The highest BCUT2D eigenvalue weighted by molar-refractivity contribution is 5.79. The Morgan fingerprint density at radius 1 is 1.48 bits per heavy atom. The molecule has 0 aromatic carbocycles. The first kappa shape index (κ1) is 14.6. The lowest BCUT2D eigenvalue weighted by molar-refractivity contribution is -0.225. The number of carbonyl (C=O) groups is 1. The van der Waals surface area contributed by atoms with Crippen LogP contribution in [0.2, 0.25) is 0 Å². The molecule has 0 saturated carbocycles. The van der Waals surface area contributed by atoms with Crippen LogP contribution in [0.5, 0.6) is 0 Å². The summed E-state index contributed by atoms with van der Waals surface area (Å²) in [6.45, 7) is 3.44. The van der Waals surface area contributed by atoms with Crippen molar-refractivity contribution in [2.45, 2.75) is 56.8 Å². The van der Waals surface area contributed by atoms with Crippen LogP contribution < -0.4 is 0 Å². The standard InChI is InChI=1S/C13H18N2O6/c1-13(2)20-11-9(18)10(19-12(11)21-13)7(16)5-8(17)15-4-3-14-6-15/h3-4,6-7,9-12,16,18H,5H2,1-2H3/t7?,9-,10+,11+,12+/m0/s1. The molecule has 8 nitrogen and oxygen atoms in total. The van der Waals surface area contributed by atoms with Crippen molar-refractivity contribution in [2.24, 2.45) is 0 Å². The second-order valence-corrected chi connectivity index (χ2v) is 5.69. The minimum Gasteiger partial charge on any atom is -0.390 e. The highest BCUT2D eigenvalue weighted by Crippen LogP contribution is 2.38. The lowest BCUT2D eigenvalue weighted by Crippen LogP contribution is -2.42. The third-order valence-electron chi connectivity index (χ3n) is 3.61. The number of hydrogen-bond acceptors (Lipinski definition) is 7. The third kappa shape index (κ3) is 2.72. The van der Waals surface area contributed by atoms with Crippen molar-refractivity contribution in [3.8, 4) is 0 Å². The number of imidazole rings is 1. The monoisotopic (exact) mass is 298 g/mol. The first-order valence-corrected chi connectivity index (χ1v) is 6.76. The van der Waals surface area contributed by atoms with Crippen molar-refractivity contribution >= 4 is 5.91 Å². The smallest absolute Gasteiger partial charge is 0.234 e. The predicted octanol–water partition coefficient (Wildman–Crippen LogP) is -0.488. The van der Waals surface area contributed by atoms with Crippen molar-refractivity contribution in [3.05, 3.63) is 18.7 Å². The van der Waals surface area contributed by atoms with Gasteiger partial charge in [-0.05, 0) is 13.8 Å². The number of hydrogen-bond donors (Lipinski definition) is 2. The van der Waals surface area contributed by atoms with Crippen molar-refractivity contribution < 1.29 is 29.2 Å². The minimum atomic E-state index is -1.16. The molecule has 2 aliphatic heterocycles. The molecular weight excluding hydrogens is 280 g/mol. The molecule has 0 bridgehead atoms. The normalized spacial score (nSPS) is 35.6. The second-order valence-electron chi connectivity index (χ2n) is 5.69. The average Bonchev–Trinajstić information content (AvgIpc) is 3.07. The van der Waals surface area contributed by atoms with E-state index in [-0.39, 0.29) is 12.3 Å². The minimum absolute atomic E-state index is 0.194. The van der Waals surface area contributed by atoms with Crippen molar-refractivity contribution in [2.75, 3.05) is 0 Å². The molecule has 0 aliphatic carbocycles. The van der Waals surface area contributed by atoms with Gasteiger partial charge in [0.15, 0.2) is 12.1 Å². The largest absolute Gasteiger partial charge is 0.390 e. The summed E-state index contributed by atoms with van der Waals surface area (Å²) >= 11 is 0. The molecule has 1 aromatic rings. The molecule has 1 aromatic heterocycles. The number of nitrogens with zero attached hydrogens (tertiary/aromatic N) is 2. The number of aromatic nitrogens is 2. The lowest BCUT2D eigenvalue weighted by atomic mass is 10.0. The van der Waals surface area contributed by atoms with Crippen molar-refractivity contribution in [1.29, 1.82) is 0 Å². The van der Waals surface area contributed by atoms with Crippen LogP contribution in [0.25, 0.3) is 0 Å². The van der Waals surface area contributed by atoms with Gasteiger partial charge in [-0.2, -0.15) is 0 Å². The summed E-state index contributed by atoms with van der Waals surface area (Å²) in [6.07, 6.45) is -0.419. The zero-order valence-corrected chi connectivity index (χ0v) is 11.7. The van der Waals surface area contributed by atoms with Gasteiger partial charge in [0.25, 0.3) is 0 Å². The number of aliphatic hydroxyl groups is 2. The van der Waals surface area contributed by atoms with E-state index in [0.29, 0.717) is 0 Å². The van der Waals surface area contributed by atoms with Crippen LogP contribution in [0.15, 0.2) is 18.7 Å². The van der Waals surface area contributed by atoms with Crippen LogP contribution in [-0.2, 0) is 14.2 Å². The lowest BCUT2D eigenvalue weighted by Gasteiger charge is -2.25. The molecule has 116 valence electrons. The maximum Gasteiger partial charge on any atom is 0.234 e. The van der Waals surface area contributed by atoms with Crippen LogP contribution >= 0.6 is 0 Å². The first-order valence-electron chi connectivity index (χ1n) is 6.76. The topological polar surface area (TPSA) is 103 Å². The molecule has 0 radical (unpaired) electrons. The Labute approximate surface area is 121 Å². The van der Waals surface area contributed by atoms with Crippen LogP contribution in [-0.4, -0.2) is 62.2 Å². The molecule has 3 heterocycles. The van der Waals surface area contributed by atoms with Crippen LogP contribution in [0.4, 0.5) is 0 Å². The molecule has 2 N–H and O–H groups in total. The van der Waals surface area contributed by atoms with Gasteiger partial charge >= 0.3 is 0 Å². The Kier molecular flexibility index (Phi) is 3.58. The molecule has 21 heavy (non-hydrogen) atoms. The Bertz CT molecular complexity index is 517. The second kappa shape index (κ2) is 5.15. The fourth-order valence-electron chi connectivity index (χ4n) is 2.64. The summed E-state index contributed by atoms with van der Waals surface area (Å²) in [5.41, 5.74) is 0. The van der Waals surface area contributed by atoms with Gasteiger partial charge in [-0.3, -0.25) is 9.36 Å². The molecule has 2 aliphatic rings. The first-order chi connectivity index (χ1) is 9.87. The van der Waals surface area contributed by atoms with Gasteiger partial charge in [-0.15, -0.1) is 0 Å². The summed E-state index contributed by atoms with van der Waals surface area (Å²) in [5, 5.41) is 20.3.